The first-order valence-electron chi connectivity index (χ1n) is 9.15. The van der Waals surface area contributed by atoms with Crippen molar-refractivity contribution in [1.29, 1.82) is 0 Å². The van der Waals surface area contributed by atoms with Gasteiger partial charge >= 0.3 is 6.18 Å². The quantitative estimate of drug-likeness (QED) is 0.214. The summed E-state index contributed by atoms with van der Waals surface area (Å²) in [6, 6.07) is 10.1. The Balaban J connectivity index is 0.00000176. The predicted molar refractivity (Wildman–Crippen MR) is 118 cm³/mol. The Labute approximate surface area is 192 Å². The summed E-state index contributed by atoms with van der Waals surface area (Å²) in [4.78, 5) is 16.6. The Morgan fingerprint density at radius 2 is 1.84 bits per heavy atom. The molecule has 0 spiro atoms. The number of hydrogen-bond donors (Lipinski definition) is 3. The summed E-state index contributed by atoms with van der Waals surface area (Å²) in [7, 11) is 0. The van der Waals surface area contributed by atoms with Crippen LogP contribution in [0.25, 0.3) is 0 Å². The van der Waals surface area contributed by atoms with E-state index in [-0.39, 0.29) is 17.0 Å². The van der Waals surface area contributed by atoms with Gasteiger partial charge in [0.1, 0.15) is 11.4 Å². The van der Waals surface area contributed by atoms with E-state index >= 15 is 0 Å². The van der Waals surface area contributed by atoms with Gasteiger partial charge in [-0.2, -0.15) is 13.2 Å². The molecule has 0 aliphatic heterocycles. The van der Waals surface area contributed by atoms with Gasteiger partial charge in [-0.3, -0.25) is 4.79 Å². The van der Waals surface area contributed by atoms with Crippen LogP contribution in [0.5, 0.6) is 11.6 Å². The molecule has 3 N–H and O–H groups in total. The number of hydrogen-bond acceptors (Lipinski definition) is 5. The van der Waals surface area contributed by atoms with Crippen LogP contribution in [-0.2, 0) is 6.18 Å². The number of benzene rings is 2. The smallest absolute Gasteiger partial charge is 0.434 e. The second kappa shape index (κ2) is 10.6. The SMILES string of the molecule is CC.Nc1cc(F)ccc1Oc1nc(C(F)(F)F)c(Cl)cc1C(=O)Nc1cccc(S)c1. The Kier molecular flexibility index (Phi) is 8.34. The molecule has 0 fully saturated rings. The first kappa shape index (κ1) is 25.3. The van der Waals surface area contributed by atoms with Crippen LogP contribution in [0.3, 0.4) is 0 Å². The third kappa shape index (κ3) is 6.27. The number of pyridine rings is 1. The highest BCUT2D eigenvalue weighted by Crippen LogP contribution is 2.38. The van der Waals surface area contributed by atoms with Crippen LogP contribution in [0.15, 0.2) is 53.4 Å². The van der Waals surface area contributed by atoms with Crippen LogP contribution >= 0.6 is 24.2 Å². The van der Waals surface area contributed by atoms with E-state index in [1.165, 1.54) is 6.07 Å². The number of aromatic nitrogens is 1. The maximum absolute atomic E-state index is 13.3. The molecule has 3 aromatic rings. The lowest BCUT2D eigenvalue weighted by Crippen LogP contribution is -2.17. The topological polar surface area (TPSA) is 77.2 Å². The fraction of sp³-hybridized carbons (Fsp3) is 0.143. The van der Waals surface area contributed by atoms with Gasteiger partial charge in [0.2, 0.25) is 5.88 Å². The molecule has 5 nitrogen and oxygen atoms in total. The summed E-state index contributed by atoms with van der Waals surface area (Å²) in [5.74, 6) is -2.41. The molecular formula is C21H18ClF4N3O2S. The molecule has 170 valence electrons. The van der Waals surface area contributed by atoms with Gasteiger partial charge in [0.25, 0.3) is 5.91 Å². The number of carbonyl (C=O) groups excluding carboxylic acids is 1. The number of nitrogen functional groups attached to an aromatic ring is 1. The number of nitrogens with one attached hydrogen (secondary N) is 1. The van der Waals surface area contributed by atoms with Crippen molar-refractivity contribution < 1.29 is 27.1 Å². The molecule has 0 saturated carbocycles. The van der Waals surface area contributed by atoms with Gasteiger partial charge < -0.3 is 15.8 Å². The van der Waals surface area contributed by atoms with E-state index < -0.39 is 34.5 Å². The van der Waals surface area contributed by atoms with Gasteiger partial charge in [0, 0.05) is 16.6 Å². The first-order chi connectivity index (χ1) is 15.0. The molecule has 11 heteroatoms. The average Bonchev–Trinajstić information content (AvgIpc) is 2.71. The summed E-state index contributed by atoms with van der Waals surface area (Å²) in [6.07, 6.45) is -4.90. The van der Waals surface area contributed by atoms with Crippen molar-refractivity contribution in [2.24, 2.45) is 0 Å². The number of nitrogens with zero attached hydrogens (tertiary/aromatic N) is 1. The standard InChI is InChI=1S/C19H12ClF4N3O2S.C2H6/c20-13-8-12(17(28)26-10-2-1-3-11(30)7-10)18(27-16(13)19(22,23)24)29-15-5-4-9(21)6-14(15)25;1-2/h1-8,30H,25H2,(H,26,28);1-2H3. The minimum atomic E-state index is -4.90. The molecule has 1 heterocycles. The Bertz CT molecular complexity index is 1130. The minimum absolute atomic E-state index is 0.189. The third-order valence-corrected chi connectivity index (χ3v) is 4.30. The number of carbonyl (C=O) groups is 1. The van der Waals surface area contributed by atoms with E-state index in [2.05, 4.69) is 22.9 Å². The molecule has 1 aromatic heterocycles. The van der Waals surface area contributed by atoms with Crippen molar-refractivity contribution in [1.82, 2.24) is 4.98 Å². The Hall–Kier alpha value is -2.98. The number of ether oxygens (including phenoxy) is 1. The normalized spacial score (nSPS) is 10.8. The van der Waals surface area contributed by atoms with E-state index in [0.717, 1.165) is 24.3 Å². The molecule has 0 radical (unpaired) electrons. The summed E-state index contributed by atoms with van der Waals surface area (Å²) < 4.78 is 58.3. The second-order valence-electron chi connectivity index (χ2n) is 5.96. The zero-order valence-corrected chi connectivity index (χ0v) is 18.4. The number of anilines is 2. The van der Waals surface area contributed by atoms with Gasteiger partial charge in [0.15, 0.2) is 11.4 Å². The van der Waals surface area contributed by atoms with Crippen LogP contribution in [0.1, 0.15) is 29.9 Å². The monoisotopic (exact) mass is 487 g/mol. The van der Waals surface area contributed by atoms with Gasteiger partial charge in [-0.25, -0.2) is 9.37 Å². The Morgan fingerprint density at radius 1 is 1.16 bits per heavy atom. The molecule has 0 saturated heterocycles. The molecule has 0 unspecified atom stereocenters. The maximum Gasteiger partial charge on any atom is 0.434 e. The zero-order chi connectivity index (χ0) is 24.1. The van der Waals surface area contributed by atoms with E-state index in [1.54, 1.807) is 18.2 Å². The maximum atomic E-state index is 13.3. The zero-order valence-electron chi connectivity index (χ0n) is 16.8. The van der Waals surface area contributed by atoms with Crippen molar-refractivity contribution in [3.05, 3.63) is 70.6 Å². The number of amides is 1. The molecule has 1 amide bonds. The highest BCUT2D eigenvalue weighted by Gasteiger charge is 2.37. The van der Waals surface area contributed by atoms with E-state index in [4.69, 9.17) is 22.1 Å². The highest BCUT2D eigenvalue weighted by molar-refractivity contribution is 7.80. The van der Waals surface area contributed by atoms with Crippen molar-refractivity contribution in [2.45, 2.75) is 24.9 Å². The van der Waals surface area contributed by atoms with Crippen molar-refractivity contribution in [2.75, 3.05) is 11.1 Å². The summed E-state index contributed by atoms with van der Waals surface area (Å²) in [6.45, 7) is 4.00. The van der Waals surface area contributed by atoms with E-state index in [0.29, 0.717) is 10.6 Å². The molecule has 0 aliphatic rings. The van der Waals surface area contributed by atoms with Crippen LogP contribution in [-0.4, -0.2) is 10.9 Å². The molecule has 0 aliphatic carbocycles. The third-order valence-electron chi connectivity index (χ3n) is 3.74. The first-order valence-corrected chi connectivity index (χ1v) is 9.98. The van der Waals surface area contributed by atoms with Crippen molar-refractivity contribution in [3.63, 3.8) is 0 Å². The van der Waals surface area contributed by atoms with Gasteiger partial charge in [-0.1, -0.05) is 31.5 Å². The molecule has 2 aromatic carbocycles. The van der Waals surface area contributed by atoms with Gasteiger partial charge in [0.05, 0.1) is 10.7 Å². The van der Waals surface area contributed by atoms with Crippen LogP contribution in [0.4, 0.5) is 28.9 Å². The molecule has 32 heavy (non-hydrogen) atoms. The van der Waals surface area contributed by atoms with Gasteiger partial charge in [-0.05, 0) is 36.4 Å². The molecule has 0 atom stereocenters. The number of rotatable bonds is 4. The number of nitrogens with two attached hydrogens (primary N) is 1. The number of halogens is 5. The lowest BCUT2D eigenvalue weighted by Gasteiger charge is -2.15. The highest BCUT2D eigenvalue weighted by atomic mass is 35.5. The largest absolute Gasteiger partial charge is 0.436 e. The minimum Gasteiger partial charge on any atom is -0.436 e. The van der Waals surface area contributed by atoms with Crippen molar-refractivity contribution >= 4 is 41.5 Å². The molecule has 3 rings (SSSR count). The average molecular weight is 488 g/mol. The lowest BCUT2D eigenvalue weighted by atomic mass is 10.2. The molecule has 0 bridgehead atoms. The summed E-state index contributed by atoms with van der Waals surface area (Å²) in [5.41, 5.74) is 3.93. The molecular weight excluding hydrogens is 470 g/mol. The van der Waals surface area contributed by atoms with Crippen LogP contribution < -0.4 is 15.8 Å². The van der Waals surface area contributed by atoms with Crippen LogP contribution in [0, 0.1) is 5.82 Å². The summed E-state index contributed by atoms with van der Waals surface area (Å²) >= 11 is 9.86. The van der Waals surface area contributed by atoms with Crippen LogP contribution in [0.2, 0.25) is 5.02 Å². The predicted octanol–water partition coefficient (Wildman–Crippen LogP) is 6.83. The number of alkyl halides is 3. The second-order valence-corrected chi connectivity index (χ2v) is 6.88. The fourth-order valence-electron chi connectivity index (χ4n) is 2.41. The van der Waals surface area contributed by atoms with Gasteiger partial charge in [-0.15, -0.1) is 12.6 Å². The number of thiol groups is 1. The van der Waals surface area contributed by atoms with E-state index in [9.17, 15) is 22.4 Å². The Morgan fingerprint density at radius 3 is 2.44 bits per heavy atom. The summed E-state index contributed by atoms with van der Waals surface area (Å²) in [5, 5.41) is 1.70. The lowest BCUT2D eigenvalue weighted by molar-refractivity contribution is -0.141. The fourth-order valence-corrected chi connectivity index (χ4v) is 2.89. The van der Waals surface area contributed by atoms with Crippen molar-refractivity contribution in [3.8, 4) is 11.6 Å². The van der Waals surface area contributed by atoms with E-state index in [1.807, 2.05) is 13.8 Å².